The molecule has 5 atom stereocenters. The van der Waals surface area contributed by atoms with Gasteiger partial charge in [0.15, 0.2) is 11.5 Å². The molecule has 0 heterocycles. The number of aliphatic carboxylic acids is 1. The summed E-state index contributed by atoms with van der Waals surface area (Å²) in [6, 6.07) is 4.14. The van der Waals surface area contributed by atoms with Crippen molar-refractivity contribution in [2.45, 2.75) is 98.8 Å². The normalized spacial score (nSPS) is 15.4. The molecule has 0 aliphatic rings. The predicted molar refractivity (Wildman–Crippen MR) is 154 cm³/mol. The van der Waals surface area contributed by atoms with E-state index in [0.29, 0.717) is 5.56 Å². The Kier molecular flexibility index (Phi) is 15.1. The van der Waals surface area contributed by atoms with Crippen molar-refractivity contribution >= 4 is 24.4 Å². The lowest BCUT2D eigenvalue weighted by molar-refractivity contribution is -0.144. The summed E-state index contributed by atoms with van der Waals surface area (Å²) in [5, 5.41) is 9.96. The van der Waals surface area contributed by atoms with Crippen LogP contribution in [-0.4, -0.2) is 60.5 Å². The molecule has 0 fully saturated rings. The van der Waals surface area contributed by atoms with E-state index in [1.165, 1.54) is 25.1 Å². The molecular formula is C30H47NO11. The van der Waals surface area contributed by atoms with Gasteiger partial charge in [-0.1, -0.05) is 60.5 Å². The van der Waals surface area contributed by atoms with Gasteiger partial charge in [-0.2, -0.15) is 0 Å². The lowest BCUT2D eigenvalue weighted by atomic mass is 9.86. The summed E-state index contributed by atoms with van der Waals surface area (Å²) in [6.45, 7) is 15.0. The van der Waals surface area contributed by atoms with Crippen molar-refractivity contribution in [2.75, 3.05) is 13.2 Å². The molecule has 0 saturated carbocycles. The van der Waals surface area contributed by atoms with Crippen molar-refractivity contribution in [2.24, 2.45) is 23.5 Å². The average molecular weight is 598 g/mol. The Morgan fingerprint density at radius 3 is 1.81 bits per heavy atom. The van der Waals surface area contributed by atoms with Crippen LogP contribution in [0.3, 0.4) is 0 Å². The number of rotatable bonds is 16. The minimum atomic E-state index is -1.88. The number of nitrogens with two attached hydrogens (primary N) is 1. The van der Waals surface area contributed by atoms with Crippen LogP contribution in [0, 0.1) is 17.8 Å². The Morgan fingerprint density at radius 1 is 0.810 bits per heavy atom. The van der Waals surface area contributed by atoms with E-state index in [4.69, 9.17) is 34.2 Å². The molecule has 42 heavy (non-hydrogen) atoms. The van der Waals surface area contributed by atoms with Gasteiger partial charge in [-0.25, -0.2) is 14.4 Å². The number of hydrogen-bond donors (Lipinski definition) is 2. The number of hydrogen-bond acceptors (Lipinski definition) is 11. The molecule has 12 heteroatoms. The van der Waals surface area contributed by atoms with Crippen molar-refractivity contribution in [3.8, 4) is 11.5 Å². The van der Waals surface area contributed by atoms with Gasteiger partial charge in [-0.3, -0.25) is 4.79 Å². The van der Waals surface area contributed by atoms with Crippen LogP contribution in [0.4, 0.5) is 14.4 Å². The Balaban J connectivity index is 3.15. The molecule has 1 aromatic carbocycles. The molecule has 1 aromatic rings. The Labute approximate surface area is 248 Å². The van der Waals surface area contributed by atoms with Crippen molar-refractivity contribution in [3.05, 3.63) is 23.8 Å². The lowest BCUT2D eigenvalue weighted by Gasteiger charge is -2.28. The zero-order valence-electron chi connectivity index (χ0n) is 26.0. The number of carbonyl (C=O) groups is 4. The maximum Gasteiger partial charge on any atom is 0.513 e. The van der Waals surface area contributed by atoms with Gasteiger partial charge in [0, 0.05) is 12.8 Å². The van der Waals surface area contributed by atoms with Gasteiger partial charge < -0.3 is 39.3 Å². The topological polar surface area (TPSA) is 170 Å². The van der Waals surface area contributed by atoms with Gasteiger partial charge in [0.1, 0.15) is 17.7 Å². The highest BCUT2D eigenvalue weighted by Crippen LogP contribution is 2.31. The zero-order valence-corrected chi connectivity index (χ0v) is 26.0. The molecule has 0 aliphatic heterocycles. The fourth-order valence-corrected chi connectivity index (χ4v) is 3.36. The van der Waals surface area contributed by atoms with E-state index in [9.17, 15) is 24.3 Å². The largest absolute Gasteiger partial charge is 0.513 e. The number of benzene rings is 1. The first-order valence-electron chi connectivity index (χ1n) is 14.3. The second-order valence-corrected chi connectivity index (χ2v) is 11.2. The first-order valence-corrected chi connectivity index (χ1v) is 14.3. The molecule has 0 aliphatic carbocycles. The molecule has 0 bridgehead atoms. The molecule has 0 spiro atoms. The van der Waals surface area contributed by atoms with Crippen molar-refractivity contribution in [1.82, 2.24) is 0 Å². The molecular weight excluding hydrogens is 550 g/mol. The van der Waals surface area contributed by atoms with Crippen LogP contribution in [0.1, 0.15) is 80.2 Å². The second-order valence-electron chi connectivity index (χ2n) is 11.2. The maximum atomic E-state index is 12.4. The van der Waals surface area contributed by atoms with Crippen LogP contribution in [-0.2, 0) is 30.2 Å². The highest BCUT2D eigenvalue weighted by Gasteiger charge is 2.37. The number of ether oxygens (including phenoxy) is 6. The third kappa shape index (κ3) is 13.0. The van der Waals surface area contributed by atoms with Crippen molar-refractivity contribution in [3.63, 3.8) is 0 Å². The van der Waals surface area contributed by atoms with Crippen LogP contribution in [0.2, 0.25) is 0 Å². The molecule has 3 N–H and O–H groups in total. The second kappa shape index (κ2) is 17.4. The van der Waals surface area contributed by atoms with E-state index >= 15 is 0 Å². The lowest BCUT2D eigenvalue weighted by Crippen LogP contribution is -2.52. The van der Waals surface area contributed by atoms with E-state index in [1.54, 1.807) is 6.92 Å². The fraction of sp³-hybridized carbons (Fsp3) is 0.667. The van der Waals surface area contributed by atoms with Gasteiger partial charge in [0.25, 0.3) is 0 Å². The average Bonchev–Trinajstić information content (AvgIpc) is 2.91. The molecule has 0 saturated heterocycles. The van der Waals surface area contributed by atoms with Crippen molar-refractivity contribution in [1.29, 1.82) is 0 Å². The quantitative estimate of drug-likeness (QED) is 0.127. The Morgan fingerprint density at radius 2 is 1.33 bits per heavy atom. The number of carboxylic acid groups (broad SMARTS) is 1. The minimum absolute atomic E-state index is 0.0675. The molecule has 12 nitrogen and oxygen atoms in total. The van der Waals surface area contributed by atoms with Crippen LogP contribution >= 0.6 is 0 Å². The molecule has 1 rings (SSSR count). The number of carbonyl (C=O) groups excluding carboxylic acids is 3. The Hall–Kier alpha value is -3.54. The zero-order chi connectivity index (χ0) is 32.0. The highest BCUT2D eigenvalue weighted by atomic mass is 16.7. The van der Waals surface area contributed by atoms with E-state index < -0.39 is 42.2 Å². The fourth-order valence-electron chi connectivity index (χ4n) is 3.36. The summed E-state index contributed by atoms with van der Waals surface area (Å²) in [6.07, 6.45) is -3.16. The van der Waals surface area contributed by atoms with Gasteiger partial charge in [0.2, 0.25) is 0 Å². The van der Waals surface area contributed by atoms with Gasteiger partial charge in [0.05, 0.1) is 13.2 Å². The maximum absolute atomic E-state index is 12.4. The van der Waals surface area contributed by atoms with Crippen LogP contribution in [0.15, 0.2) is 18.2 Å². The third-order valence-corrected chi connectivity index (χ3v) is 6.88. The van der Waals surface area contributed by atoms with Gasteiger partial charge in [-0.05, 0) is 49.3 Å². The number of carboxylic acids is 1. The van der Waals surface area contributed by atoms with E-state index in [-0.39, 0.29) is 55.3 Å². The summed E-state index contributed by atoms with van der Waals surface area (Å²) in [5.41, 5.74) is 4.74. The summed E-state index contributed by atoms with van der Waals surface area (Å²) >= 11 is 0. The monoisotopic (exact) mass is 597 g/mol. The summed E-state index contributed by atoms with van der Waals surface area (Å²) in [7, 11) is 0. The van der Waals surface area contributed by atoms with Gasteiger partial charge in [-0.15, -0.1) is 0 Å². The smallest absolute Gasteiger partial charge is 0.480 e. The summed E-state index contributed by atoms with van der Waals surface area (Å²) < 4.78 is 31.3. The standard InChI is InChI=1S/C30H47NO11/c1-9-19(5)16-37-27(34)41-24-12-11-23(13-25(24)42-28(35)38-17-20(6)10-2)15-30(31,26(32)33)14-21(7)39-29(36)40-22(8)18(3)4/h11-13,18-22H,9-10,14-17,31H2,1-8H3,(H,32,33)/t19?,20?,21-,22?,30?/m0/s1. The first-order chi connectivity index (χ1) is 19.6. The van der Waals surface area contributed by atoms with E-state index in [0.717, 1.165) is 12.8 Å². The third-order valence-electron chi connectivity index (χ3n) is 6.88. The predicted octanol–water partition coefficient (Wildman–Crippen LogP) is 6.11. The SMILES string of the molecule is CCC(C)COC(=O)Oc1ccc(CC(N)(C[C@H](C)OC(=O)OC(C)C(C)C)C(=O)O)cc1OC(=O)OCC(C)CC. The molecule has 0 radical (unpaired) electrons. The van der Waals surface area contributed by atoms with Crippen LogP contribution in [0.5, 0.6) is 11.5 Å². The molecule has 0 amide bonds. The van der Waals surface area contributed by atoms with E-state index in [1.807, 2.05) is 41.5 Å². The summed E-state index contributed by atoms with van der Waals surface area (Å²) in [4.78, 5) is 49.0. The minimum Gasteiger partial charge on any atom is -0.480 e. The molecule has 238 valence electrons. The van der Waals surface area contributed by atoms with Crippen molar-refractivity contribution < 1.29 is 52.7 Å². The highest BCUT2D eigenvalue weighted by molar-refractivity contribution is 5.79. The molecule has 0 aromatic heterocycles. The van der Waals surface area contributed by atoms with Crippen LogP contribution < -0.4 is 15.2 Å². The Bertz CT molecular complexity index is 1040. The van der Waals surface area contributed by atoms with E-state index in [2.05, 4.69) is 0 Å². The first kappa shape index (κ1) is 36.5. The molecule has 4 unspecified atom stereocenters. The summed E-state index contributed by atoms with van der Waals surface area (Å²) in [5.74, 6) is -1.38. The van der Waals surface area contributed by atoms with Crippen LogP contribution in [0.25, 0.3) is 0 Å². The van der Waals surface area contributed by atoms with Gasteiger partial charge >= 0.3 is 24.4 Å².